The predicted molar refractivity (Wildman–Crippen MR) is 137 cm³/mol. The number of amides is 1. The fourth-order valence-corrected chi connectivity index (χ4v) is 4.29. The molecule has 168 valence electrons. The van der Waals surface area contributed by atoms with Crippen LogP contribution in [-0.2, 0) is 13.0 Å². The van der Waals surface area contributed by atoms with Crippen LogP contribution in [0.15, 0.2) is 109 Å². The van der Waals surface area contributed by atoms with Gasteiger partial charge in [0.15, 0.2) is 0 Å². The lowest BCUT2D eigenvalue weighted by atomic mass is 10.0. The van der Waals surface area contributed by atoms with Crippen molar-refractivity contribution in [2.45, 2.75) is 25.9 Å². The molecular formula is C30H27N3O. The first-order valence-electron chi connectivity index (χ1n) is 11.6. The minimum absolute atomic E-state index is 0.101. The van der Waals surface area contributed by atoms with Crippen LogP contribution in [0.1, 0.15) is 38.9 Å². The molecule has 0 unspecified atom stereocenters. The van der Waals surface area contributed by atoms with Gasteiger partial charge >= 0.3 is 0 Å². The molecule has 1 aromatic heterocycles. The summed E-state index contributed by atoms with van der Waals surface area (Å²) in [6, 6.07) is 36.1. The average Bonchev–Trinajstić information content (AvgIpc) is 3.24. The number of aromatic nitrogens is 2. The van der Waals surface area contributed by atoms with Crippen molar-refractivity contribution < 1.29 is 4.79 Å². The van der Waals surface area contributed by atoms with Crippen molar-refractivity contribution >= 4 is 16.9 Å². The molecule has 34 heavy (non-hydrogen) atoms. The highest BCUT2D eigenvalue weighted by Gasteiger charge is 2.23. The molecule has 5 rings (SSSR count). The smallest absolute Gasteiger partial charge is 0.251 e. The van der Waals surface area contributed by atoms with E-state index in [2.05, 4.69) is 59.3 Å². The first-order valence-corrected chi connectivity index (χ1v) is 11.6. The van der Waals surface area contributed by atoms with E-state index in [1.165, 1.54) is 11.1 Å². The summed E-state index contributed by atoms with van der Waals surface area (Å²) in [6.07, 6.45) is 0.649. The summed E-state index contributed by atoms with van der Waals surface area (Å²) in [5.74, 6) is 0.755. The molecule has 0 fully saturated rings. The standard InChI is InChI=1S/C30H27N3O/c1-22-16-18-24(19-17-22)21-33-28-15-9-8-14-26(28)31-29(33)27(20-23-10-4-2-5-11-23)32-30(34)25-12-6-3-7-13-25/h2-19,27H,20-21H2,1H3,(H,32,34)/t27-/m0/s1. The molecule has 4 nitrogen and oxygen atoms in total. The second-order valence-corrected chi connectivity index (χ2v) is 8.61. The molecular weight excluding hydrogens is 418 g/mol. The fourth-order valence-electron chi connectivity index (χ4n) is 4.29. The molecule has 0 aliphatic carbocycles. The number of nitrogens with one attached hydrogen (secondary N) is 1. The summed E-state index contributed by atoms with van der Waals surface area (Å²) in [6.45, 7) is 2.78. The highest BCUT2D eigenvalue weighted by atomic mass is 16.1. The highest BCUT2D eigenvalue weighted by Crippen LogP contribution is 2.25. The van der Waals surface area contributed by atoms with Crippen molar-refractivity contribution in [1.29, 1.82) is 0 Å². The molecule has 0 spiro atoms. The maximum atomic E-state index is 13.2. The molecule has 0 saturated heterocycles. The molecule has 1 N–H and O–H groups in total. The topological polar surface area (TPSA) is 46.9 Å². The van der Waals surface area contributed by atoms with E-state index >= 15 is 0 Å². The largest absolute Gasteiger partial charge is 0.342 e. The van der Waals surface area contributed by atoms with E-state index in [0.717, 1.165) is 22.4 Å². The molecule has 1 amide bonds. The number of carbonyl (C=O) groups is 1. The van der Waals surface area contributed by atoms with Crippen LogP contribution >= 0.6 is 0 Å². The Hall–Kier alpha value is -4.18. The average molecular weight is 446 g/mol. The lowest BCUT2D eigenvalue weighted by Crippen LogP contribution is -2.32. The van der Waals surface area contributed by atoms with E-state index in [4.69, 9.17) is 4.98 Å². The van der Waals surface area contributed by atoms with Crippen molar-refractivity contribution in [2.24, 2.45) is 0 Å². The van der Waals surface area contributed by atoms with Crippen LogP contribution in [0.4, 0.5) is 0 Å². The predicted octanol–water partition coefficient (Wildman–Crippen LogP) is 6.11. The summed E-state index contributed by atoms with van der Waals surface area (Å²) >= 11 is 0. The van der Waals surface area contributed by atoms with E-state index in [1.54, 1.807) is 0 Å². The Bertz CT molecular complexity index is 1390. The first kappa shape index (κ1) is 21.7. The summed E-state index contributed by atoms with van der Waals surface area (Å²) in [4.78, 5) is 18.2. The zero-order valence-corrected chi connectivity index (χ0v) is 19.2. The van der Waals surface area contributed by atoms with E-state index in [1.807, 2.05) is 66.7 Å². The van der Waals surface area contributed by atoms with Gasteiger partial charge in [0.25, 0.3) is 5.91 Å². The number of fused-ring (bicyclic) bond motifs is 1. The van der Waals surface area contributed by atoms with Crippen LogP contribution in [0.2, 0.25) is 0 Å². The molecule has 1 atom stereocenters. The maximum Gasteiger partial charge on any atom is 0.251 e. The number of nitrogens with zero attached hydrogens (tertiary/aromatic N) is 2. The number of hydrogen-bond acceptors (Lipinski definition) is 2. The lowest BCUT2D eigenvalue weighted by Gasteiger charge is -2.21. The number of hydrogen-bond donors (Lipinski definition) is 1. The van der Waals surface area contributed by atoms with Gasteiger partial charge in [0, 0.05) is 12.1 Å². The minimum atomic E-state index is -0.284. The first-order chi connectivity index (χ1) is 16.7. The molecule has 4 heteroatoms. The van der Waals surface area contributed by atoms with Gasteiger partial charge in [-0.2, -0.15) is 0 Å². The van der Waals surface area contributed by atoms with Crippen molar-refractivity contribution in [2.75, 3.05) is 0 Å². The maximum absolute atomic E-state index is 13.2. The zero-order valence-electron chi connectivity index (χ0n) is 19.2. The third kappa shape index (κ3) is 4.76. The second-order valence-electron chi connectivity index (χ2n) is 8.61. The molecule has 0 saturated carbocycles. The molecule has 0 aliphatic rings. The SMILES string of the molecule is Cc1ccc(Cn2c([C@H](Cc3ccccc3)NC(=O)c3ccccc3)nc3ccccc32)cc1. The van der Waals surface area contributed by atoms with Crippen LogP contribution in [0.3, 0.4) is 0 Å². The van der Waals surface area contributed by atoms with E-state index in [9.17, 15) is 4.79 Å². The Labute approximate surface area is 199 Å². The fraction of sp³-hybridized carbons (Fsp3) is 0.133. The van der Waals surface area contributed by atoms with Gasteiger partial charge in [0.2, 0.25) is 0 Å². The van der Waals surface area contributed by atoms with Gasteiger partial charge in [0.1, 0.15) is 5.82 Å². The molecule has 1 heterocycles. The van der Waals surface area contributed by atoms with Crippen molar-refractivity contribution in [3.05, 3.63) is 137 Å². The summed E-state index contributed by atoms with van der Waals surface area (Å²) in [5, 5.41) is 3.27. The summed E-state index contributed by atoms with van der Waals surface area (Å²) < 4.78 is 2.24. The minimum Gasteiger partial charge on any atom is -0.342 e. The highest BCUT2D eigenvalue weighted by molar-refractivity contribution is 5.94. The van der Waals surface area contributed by atoms with E-state index in [0.29, 0.717) is 18.5 Å². The number of rotatable bonds is 7. The van der Waals surface area contributed by atoms with Crippen LogP contribution in [0, 0.1) is 6.92 Å². The zero-order chi connectivity index (χ0) is 23.3. The normalized spacial score (nSPS) is 11.9. The third-order valence-corrected chi connectivity index (χ3v) is 6.08. The lowest BCUT2D eigenvalue weighted by molar-refractivity contribution is 0.0934. The number of carbonyl (C=O) groups excluding carboxylic acids is 1. The third-order valence-electron chi connectivity index (χ3n) is 6.08. The van der Waals surface area contributed by atoms with Crippen LogP contribution in [0.25, 0.3) is 11.0 Å². The van der Waals surface area contributed by atoms with Crippen LogP contribution in [-0.4, -0.2) is 15.5 Å². The molecule has 4 aromatic carbocycles. The molecule has 5 aromatic rings. The Morgan fingerprint density at radius 2 is 1.44 bits per heavy atom. The Morgan fingerprint density at radius 1 is 0.794 bits per heavy atom. The monoisotopic (exact) mass is 445 g/mol. The summed E-state index contributed by atoms with van der Waals surface area (Å²) in [5.41, 5.74) is 6.21. The molecule has 0 bridgehead atoms. The quantitative estimate of drug-likeness (QED) is 0.329. The number of aryl methyl sites for hydroxylation is 1. The van der Waals surface area contributed by atoms with Gasteiger partial charge in [-0.3, -0.25) is 4.79 Å². The van der Waals surface area contributed by atoms with Gasteiger partial charge in [-0.25, -0.2) is 4.98 Å². The molecule has 0 aliphatic heterocycles. The van der Waals surface area contributed by atoms with Crippen LogP contribution < -0.4 is 5.32 Å². The Morgan fingerprint density at radius 3 is 2.18 bits per heavy atom. The van der Waals surface area contributed by atoms with Crippen LogP contribution in [0.5, 0.6) is 0 Å². The van der Waals surface area contributed by atoms with Gasteiger partial charge in [-0.15, -0.1) is 0 Å². The number of benzene rings is 4. The second kappa shape index (κ2) is 9.75. The van der Waals surface area contributed by atoms with Crippen molar-refractivity contribution in [1.82, 2.24) is 14.9 Å². The van der Waals surface area contributed by atoms with Gasteiger partial charge < -0.3 is 9.88 Å². The van der Waals surface area contributed by atoms with Gasteiger partial charge in [-0.05, 0) is 48.7 Å². The van der Waals surface area contributed by atoms with Crippen molar-refractivity contribution in [3.63, 3.8) is 0 Å². The molecule has 0 radical (unpaired) electrons. The number of imidazole rings is 1. The van der Waals surface area contributed by atoms with E-state index < -0.39 is 0 Å². The summed E-state index contributed by atoms with van der Waals surface area (Å²) in [7, 11) is 0. The van der Waals surface area contributed by atoms with E-state index in [-0.39, 0.29) is 11.9 Å². The van der Waals surface area contributed by atoms with Gasteiger partial charge in [0.05, 0.1) is 17.1 Å². The van der Waals surface area contributed by atoms with Gasteiger partial charge in [-0.1, -0.05) is 90.5 Å². The number of para-hydroxylation sites is 2. The Balaban J connectivity index is 1.57. The van der Waals surface area contributed by atoms with Crippen molar-refractivity contribution in [3.8, 4) is 0 Å². The Kier molecular flexibility index (Phi) is 6.21.